The van der Waals surface area contributed by atoms with Crippen LogP contribution in [0, 0.1) is 11.6 Å². The molecular formula is C21H15F2N3O. The van der Waals surface area contributed by atoms with Crippen molar-refractivity contribution in [1.29, 1.82) is 0 Å². The Bertz CT molecular complexity index is 1110. The van der Waals surface area contributed by atoms with Crippen LogP contribution in [0.5, 0.6) is 0 Å². The lowest BCUT2D eigenvalue weighted by Crippen LogP contribution is -2.15. The Morgan fingerprint density at radius 2 is 1.67 bits per heavy atom. The Kier molecular flexibility index (Phi) is 4.38. The van der Waals surface area contributed by atoms with Crippen molar-refractivity contribution >= 4 is 22.4 Å². The lowest BCUT2D eigenvalue weighted by molar-refractivity contribution is 0.101. The maximum atomic E-state index is 13.7. The number of hydrogen-bond donors (Lipinski definition) is 1. The molecule has 4 aromatic rings. The first kappa shape index (κ1) is 16.9. The molecule has 0 radical (unpaired) electrons. The Labute approximate surface area is 154 Å². The molecule has 1 N–H and O–H groups in total. The number of carbonyl (C=O) groups excluding carboxylic acids is 1. The Balaban J connectivity index is 1.54. The molecule has 0 bridgehead atoms. The highest BCUT2D eigenvalue weighted by atomic mass is 19.1. The van der Waals surface area contributed by atoms with E-state index in [1.54, 1.807) is 10.9 Å². The van der Waals surface area contributed by atoms with Crippen LogP contribution in [0.3, 0.4) is 0 Å². The van der Waals surface area contributed by atoms with Crippen molar-refractivity contribution in [3.05, 3.63) is 95.8 Å². The van der Waals surface area contributed by atoms with Gasteiger partial charge in [0.15, 0.2) is 0 Å². The Morgan fingerprint density at radius 3 is 2.48 bits per heavy atom. The monoisotopic (exact) mass is 363 g/mol. The number of rotatable bonds is 4. The lowest BCUT2D eigenvalue weighted by Gasteiger charge is -2.07. The highest BCUT2D eigenvalue weighted by molar-refractivity contribution is 6.04. The Hall–Kier alpha value is -3.54. The van der Waals surface area contributed by atoms with Crippen LogP contribution in [0.4, 0.5) is 14.5 Å². The lowest BCUT2D eigenvalue weighted by atomic mass is 10.0. The van der Waals surface area contributed by atoms with Gasteiger partial charge >= 0.3 is 0 Å². The van der Waals surface area contributed by atoms with Crippen molar-refractivity contribution in [1.82, 2.24) is 9.78 Å². The van der Waals surface area contributed by atoms with Gasteiger partial charge in [0, 0.05) is 6.20 Å². The van der Waals surface area contributed by atoms with E-state index >= 15 is 0 Å². The van der Waals surface area contributed by atoms with Gasteiger partial charge in [-0.05, 0) is 28.5 Å². The summed E-state index contributed by atoms with van der Waals surface area (Å²) in [7, 11) is 0. The molecule has 0 aliphatic heterocycles. The molecule has 1 amide bonds. The molecule has 4 rings (SSSR count). The molecule has 0 aliphatic carbocycles. The van der Waals surface area contributed by atoms with E-state index in [4.69, 9.17) is 0 Å². The minimum Gasteiger partial charge on any atom is -0.319 e. The molecule has 0 atom stereocenters. The van der Waals surface area contributed by atoms with Gasteiger partial charge in [0.1, 0.15) is 17.2 Å². The second-order valence-electron chi connectivity index (χ2n) is 6.12. The quantitative estimate of drug-likeness (QED) is 0.575. The predicted molar refractivity (Wildman–Crippen MR) is 99.6 cm³/mol. The van der Waals surface area contributed by atoms with Gasteiger partial charge in [-0.1, -0.05) is 48.5 Å². The van der Waals surface area contributed by atoms with Gasteiger partial charge in [-0.3, -0.25) is 9.48 Å². The number of amides is 1. The summed E-state index contributed by atoms with van der Waals surface area (Å²) in [5, 5.41) is 8.96. The van der Waals surface area contributed by atoms with Gasteiger partial charge in [0.05, 0.1) is 18.4 Å². The van der Waals surface area contributed by atoms with E-state index in [9.17, 15) is 13.6 Å². The summed E-state index contributed by atoms with van der Waals surface area (Å²) in [6.07, 6.45) is 3.07. The fourth-order valence-electron chi connectivity index (χ4n) is 3.03. The Morgan fingerprint density at radius 1 is 0.963 bits per heavy atom. The number of anilines is 1. The molecule has 0 fully saturated rings. The van der Waals surface area contributed by atoms with Crippen LogP contribution >= 0.6 is 0 Å². The predicted octanol–water partition coefficient (Wildman–Crippen LogP) is 4.62. The number of carbonyl (C=O) groups is 1. The number of benzene rings is 3. The van der Waals surface area contributed by atoms with E-state index < -0.39 is 23.1 Å². The molecular weight excluding hydrogens is 348 g/mol. The van der Waals surface area contributed by atoms with E-state index in [0.717, 1.165) is 28.5 Å². The molecule has 27 heavy (non-hydrogen) atoms. The van der Waals surface area contributed by atoms with E-state index in [1.165, 1.54) is 12.3 Å². The second-order valence-corrected chi connectivity index (χ2v) is 6.12. The molecule has 0 unspecified atom stereocenters. The first-order chi connectivity index (χ1) is 13.1. The highest BCUT2D eigenvalue weighted by Crippen LogP contribution is 2.20. The van der Waals surface area contributed by atoms with Gasteiger partial charge in [-0.25, -0.2) is 8.78 Å². The molecule has 134 valence electrons. The zero-order valence-electron chi connectivity index (χ0n) is 14.2. The van der Waals surface area contributed by atoms with Crippen molar-refractivity contribution in [2.45, 2.75) is 6.54 Å². The van der Waals surface area contributed by atoms with E-state index in [1.807, 2.05) is 42.5 Å². The summed E-state index contributed by atoms with van der Waals surface area (Å²) >= 11 is 0. The zero-order valence-corrected chi connectivity index (χ0v) is 14.2. The minimum atomic E-state index is -0.907. The third-order valence-electron chi connectivity index (χ3n) is 4.29. The van der Waals surface area contributed by atoms with Crippen LogP contribution in [0.15, 0.2) is 73.1 Å². The highest BCUT2D eigenvalue weighted by Gasteiger charge is 2.17. The van der Waals surface area contributed by atoms with Gasteiger partial charge in [0.25, 0.3) is 5.91 Å². The molecule has 0 saturated heterocycles. The zero-order chi connectivity index (χ0) is 18.8. The number of halogens is 2. The van der Waals surface area contributed by atoms with E-state index in [0.29, 0.717) is 12.2 Å². The summed E-state index contributed by atoms with van der Waals surface area (Å²) in [5.41, 5.74) is 0.830. The van der Waals surface area contributed by atoms with E-state index in [-0.39, 0.29) is 0 Å². The third kappa shape index (κ3) is 3.42. The van der Waals surface area contributed by atoms with Crippen LogP contribution in [0.25, 0.3) is 10.8 Å². The number of aromatic nitrogens is 2. The molecule has 1 aromatic heterocycles. The van der Waals surface area contributed by atoms with Crippen LogP contribution in [-0.2, 0) is 6.54 Å². The molecule has 6 heteroatoms. The maximum absolute atomic E-state index is 13.7. The van der Waals surface area contributed by atoms with Crippen LogP contribution in [0.2, 0.25) is 0 Å². The average Bonchev–Trinajstić information content (AvgIpc) is 3.09. The van der Waals surface area contributed by atoms with E-state index in [2.05, 4.69) is 10.4 Å². The maximum Gasteiger partial charge on any atom is 0.261 e. The smallest absolute Gasteiger partial charge is 0.261 e. The molecule has 0 saturated carbocycles. The van der Waals surface area contributed by atoms with Crippen LogP contribution < -0.4 is 5.32 Å². The molecule has 3 aromatic carbocycles. The first-order valence-corrected chi connectivity index (χ1v) is 8.36. The van der Waals surface area contributed by atoms with Crippen LogP contribution in [-0.4, -0.2) is 15.7 Å². The summed E-state index contributed by atoms with van der Waals surface area (Å²) < 4.78 is 29.1. The molecule has 0 spiro atoms. The number of nitrogens with one attached hydrogen (secondary N) is 1. The second kappa shape index (κ2) is 6.99. The molecule has 4 nitrogen and oxygen atoms in total. The van der Waals surface area contributed by atoms with Gasteiger partial charge in [-0.15, -0.1) is 0 Å². The summed E-state index contributed by atoms with van der Waals surface area (Å²) in [6.45, 7) is 0.505. The summed E-state index contributed by atoms with van der Waals surface area (Å²) in [6, 6.07) is 17.4. The fourth-order valence-corrected chi connectivity index (χ4v) is 3.03. The minimum absolute atomic E-state index is 0.364. The summed E-state index contributed by atoms with van der Waals surface area (Å²) in [5.74, 6) is -2.67. The summed E-state index contributed by atoms with van der Waals surface area (Å²) in [4.78, 5) is 12.2. The largest absolute Gasteiger partial charge is 0.319 e. The average molecular weight is 363 g/mol. The fraction of sp³-hybridized carbons (Fsp3) is 0.0476. The standard InChI is InChI=1S/C21H15F2N3O/c22-18-9-4-10-19(23)20(18)21(27)25-16-11-24-26(13-16)12-15-7-3-6-14-5-1-2-8-17(14)15/h1-11,13H,12H2,(H,25,27). The molecule has 0 aliphatic rings. The van der Waals surface area contributed by atoms with Gasteiger partial charge in [-0.2, -0.15) is 5.10 Å². The first-order valence-electron chi connectivity index (χ1n) is 8.36. The van der Waals surface area contributed by atoms with Crippen LogP contribution in [0.1, 0.15) is 15.9 Å². The van der Waals surface area contributed by atoms with Gasteiger partial charge in [0.2, 0.25) is 0 Å². The van der Waals surface area contributed by atoms with Crippen molar-refractivity contribution in [3.63, 3.8) is 0 Å². The van der Waals surface area contributed by atoms with Crippen molar-refractivity contribution in [2.75, 3.05) is 5.32 Å². The van der Waals surface area contributed by atoms with Crippen molar-refractivity contribution in [2.24, 2.45) is 0 Å². The van der Waals surface area contributed by atoms with Crippen molar-refractivity contribution in [3.8, 4) is 0 Å². The van der Waals surface area contributed by atoms with Crippen molar-refractivity contribution < 1.29 is 13.6 Å². The normalized spacial score (nSPS) is 10.9. The SMILES string of the molecule is O=C(Nc1cnn(Cc2cccc3ccccc23)c1)c1c(F)cccc1F. The number of fused-ring (bicyclic) bond motifs is 1. The number of nitrogens with zero attached hydrogens (tertiary/aromatic N) is 2. The third-order valence-corrected chi connectivity index (χ3v) is 4.29. The number of hydrogen-bond acceptors (Lipinski definition) is 2. The molecule has 1 heterocycles. The van der Waals surface area contributed by atoms with Gasteiger partial charge < -0.3 is 5.32 Å². The topological polar surface area (TPSA) is 46.9 Å².